The Morgan fingerprint density at radius 1 is 1.30 bits per heavy atom. The lowest BCUT2D eigenvalue weighted by atomic mass is 9.47. The Kier molecular flexibility index (Phi) is 2.88. The van der Waals surface area contributed by atoms with Crippen LogP contribution in [0.4, 0.5) is 0 Å². The van der Waals surface area contributed by atoms with Gasteiger partial charge in [0.25, 0.3) is 0 Å². The molecular weight excluding hydrogens is 252 g/mol. The second-order valence-corrected chi connectivity index (χ2v) is 8.07. The van der Waals surface area contributed by atoms with E-state index in [1.54, 1.807) is 0 Å². The first kappa shape index (κ1) is 14.1. The zero-order valence-corrected chi connectivity index (χ0v) is 13.2. The van der Waals surface area contributed by atoms with Crippen LogP contribution in [0.15, 0.2) is 0 Å². The third-order valence-electron chi connectivity index (χ3n) is 6.85. The standard InChI is InChI=1S/C17H26O3/c1-9(2)11-7-16(3)13-8-17(4,15(19)20-5)12(14(16)18)6-10(11)13/h9-13H,6-8H2,1-5H3/t10?,11?,12?,13?,16-,17+/m1/s1. The molecule has 0 aromatic rings. The van der Waals surface area contributed by atoms with Crippen molar-refractivity contribution in [3.63, 3.8) is 0 Å². The lowest BCUT2D eigenvalue weighted by Crippen LogP contribution is -2.59. The smallest absolute Gasteiger partial charge is 0.312 e. The maximum Gasteiger partial charge on any atom is 0.312 e. The predicted molar refractivity (Wildman–Crippen MR) is 75.9 cm³/mol. The number of rotatable bonds is 2. The normalized spacial score (nSPS) is 49.8. The minimum absolute atomic E-state index is 0.126. The molecule has 0 aromatic carbocycles. The van der Waals surface area contributed by atoms with Gasteiger partial charge >= 0.3 is 5.97 Å². The van der Waals surface area contributed by atoms with E-state index in [9.17, 15) is 9.59 Å². The summed E-state index contributed by atoms with van der Waals surface area (Å²) in [4.78, 5) is 25.2. The monoisotopic (exact) mass is 278 g/mol. The molecule has 4 rings (SSSR count). The van der Waals surface area contributed by atoms with Gasteiger partial charge in [0.2, 0.25) is 0 Å². The minimum Gasteiger partial charge on any atom is -0.469 e. The fourth-order valence-electron chi connectivity index (χ4n) is 5.68. The second-order valence-electron chi connectivity index (χ2n) is 8.07. The van der Waals surface area contributed by atoms with Gasteiger partial charge in [-0.15, -0.1) is 0 Å². The van der Waals surface area contributed by atoms with Crippen molar-refractivity contribution in [3.8, 4) is 0 Å². The maximum absolute atomic E-state index is 13.0. The van der Waals surface area contributed by atoms with Crippen molar-refractivity contribution in [1.82, 2.24) is 0 Å². The number of esters is 1. The molecule has 4 aliphatic carbocycles. The Hall–Kier alpha value is -0.860. The third-order valence-corrected chi connectivity index (χ3v) is 6.85. The van der Waals surface area contributed by atoms with E-state index < -0.39 is 5.41 Å². The average Bonchev–Trinajstić information content (AvgIpc) is 2.63. The molecule has 0 radical (unpaired) electrons. The lowest BCUT2D eigenvalue weighted by Gasteiger charge is -2.54. The van der Waals surface area contributed by atoms with E-state index in [1.165, 1.54) is 7.11 Å². The van der Waals surface area contributed by atoms with E-state index in [0.717, 1.165) is 19.3 Å². The summed E-state index contributed by atoms with van der Waals surface area (Å²) in [5.41, 5.74) is -0.769. The molecule has 3 heteroatoms. The minimum atomic E-state index is -0.585. The molecule has 0 aromatic heterocycles. The fraction of sp³-hybridized carbons (Fsp3) is 0.882. The Morgan fingerprint density at radius 3 is 2.50 bits per heavy atom. The number of fused-ring (bicyclic) bond motifs is 1. The Morgan fingerprint density at radius 2 is 1.95 bits per heavy atom. The van der Waals surface area contributed by atoms with Crippen molar-refractivity contribution >= 4 is 11.8 Å². The molecule has 4 fully saturated rings. The molecule has 6 atom stereocenters. The van der Waals surface area contributed by atoms with Crippen LogP contribution in [0.1, 0.15) is 47.0 Å². The summed E-state index contributed by atoms with van der Waals surface area (Å²) in [7, 11) is 1.44. The first-order valence-corrected chi connectivity index (χ1v) is 7.88. The molecule has 0 heterocycles. The molecule has 4 aliphatic rings. The highest BCUT2D eigenvalue weighted by Crippen LogP contribution is 2.69. The number of hydrogen-bond acceptors (Lipinski definition) is 3. The number of methoxy groups -OCH3 is 1. The molecule has 0 amide bonds. The van der Waals surface area contributed by atoms with E-state index in [4.69, 9.17) is 4.74 Å². The summed E-state index contributed by atoms with van der Waals surface area (Å²) < 4.78 is 5.00. The van der Waals surface area contributed by atoms with Crippen molar-refractivity contribution in [2.75, 3.05) is 7.11 Å². The zero-order chi connectivity index (χ0) is 14.9. The van der Waals surface area contributed by atoms with Crippen LogP contribution in [-0.4, -0.2) is 18.9 Å². The van der Waals surface area contributed by atoms with Gasteiger partial charge in [0.05, 0.1) is 12.5 Å². The summed E-state index contributed by atoms with van der Waals surface area (Å²) in [6.45, 7) is 8.64. The predicted octanol–water partition coefficient (Wildman–Crippen LogP) is 3.07. The number of hydrogen-bond donors (Lipinski definition) is 0. The van der Waals surface area contributed by atoms with Gasteiger partial charge in [-0.2, -0.15) is 0 Å². The fourth-order valence-corrected chi connectivity index (χ4v) is 5.68. The van der Waals surface area contributed by atoms with Crippen molar-refractivity contribution in [1.29, 1.82) is 0 Å². The topological polar surface area (TPSA) is 43.4 Å². The highest BCUT2D eigenvalue weighted by atomic mass is 16.5. The average molecular weight is 278 g/mol. The molecular formula is C17H26O3. The van der Waals surface area contributed by atoms with Crippen molar-refractivity contribution in [2.45, 2.75) is 47.0 Å². The number of carbonyl (C=O) groups excluding carboxylic acids is 2. The Labute approximate surface area is 121 Å². The third kappa shape index (κ3) is 1.47. The van der Waals surface area contributed by atoms with Crippen molar-refractivity contribution in [3.05, 3.63) is 0 Å². The SMILES string of the molecule is COC(=O)[C@@]1(C)CC2C3CC1C(=O)[C@]2(C)CC3C(C)C. The van der Waals surface area contributed by atoms with Crippen LogP contribution < -0.4 is 0 Å². The maximum atomic E-state index is 13.0. The number of Topliss-reactive ketones (excluding diaryl/α,β-unsaturated/α-hetero) is 1. The summed E-state index contributed by atoms with van der Waals surface area (Å²) >= 11 is 0. The van der Waals surface area contributed by atoms with Gasteiger partial charge in [-0.05, 0) is 49.9 Å². The quantitative estimate of drug-likeness (QED) is 0.729. The molecule has 0 aliphatic heterocycles. The molecule has 0 N–H and O–H groups in total. The molecule has 4 unspecified atom stereocenters. The van der Waals surface area contributed by atoms with E-state index in [2.05, 4.69) is 20.8 Å². The van der Waals surface area contributed by atoms with Crippen molar-refractivity contribution < 1.29 is 14.3 Å². The van der Waals surface area contributed by atoms with Crippen LogP contribution in [0, 0.1) is 40.4 Å². The van der Waals surface area contributed by atoms with Crippen molar-refractivity contribution in [2.24, 2.45) is 40.4 Å². The molecule has 20 heavy (non-hydrogen) atoms. The number of ether oxygens (including phenoxy) is 1. The highest BCUT2D eigenvalue weighted by molar-refractivity contribution is 5.95. The van der Waals surface area contributed by atoms with Gasteiger partial charge in [-0.3, -0.25) is 9.59 Å². The Balaban J connectivity index is 2.01. The van der Waals surface area contributed by atoms with Gasteiger partial charge in [0.15, 0.2) is 0 Å². The largest absolute Gasteiger partial charge is 0.469 e. The lowest BCUT2D eigenvalue weighted by molar-refractivity contribution is -0.177. The van der Waals surface area contributed by atoms with Crippen LogP contribution in [0.2, 0.25) is 0 Å². The van der Waals surface area contributed by atoms with Crippen LogP contribution in [-0.2, 0) is 14.3 Å². The molecule has 0 saturated heterocycles. The van der Waals surface area contributed by atoms with E-state index in [0.29, 0.717) is 29.5 Å². The molecule has 112 valence electrons. The van der Waals surface area contributed by atoms with Gasteiger partial charge < -0.3 is 4.74 Å². The summed E-state index contributed by atoms with van der Waals surface area (Å²) in [6.07, 6.45) is 2.75. The molecule has 4 bridgehead atoms. The molecule has 0 spiro atoms. The molecule has 4 saturated carbocycles. The summed E-state index contributed by atoms with van der Waals surface area (Å²) in [6, 6.07) is 0. The van der Waals surface area contributed by atoms with Crippen LogP contribution in [0.5, 0.6) is 0 Å². The van der Waals surface area contributed by atoms with Gasteiger partial charge in [-0.25, -0.2) is 0 Å². The summed E-state index contributed by atoms with van der Waals surface area (Å²) in [5, 5.41) is 0. The van der Waals surface area contributed by atoms with Crippen LogP contribution >= 0.6 is 0 Å². The molecule has 3 nitrogen and oxygen atoms in total. The number of ketones is 1. The van der Waals surface area contributed by atoms with E-state index in [-0.39, 0.29) is 17.3 Å². The van der Waals surface area contributed by atoms with Crippen LogP contribution in [0.25, 0.3) is 0 Å². The zero-order valence-electron chi connectivity index (χ0n) is 13.2. The van der Waals surface area contributed by atoms with Gasteiger partial charge in [0, 0.05) is 11.3 Å². The first-order chi connectivity index (χ1) is 9.25. The Bertz CT molecular complexity index is 469. The van der Waals surface area contributed by atoms with Gasteiger partial charge in [0.1, 0.15) is 5.78 Å². The second kappa shape index (κ2) is 4.08. The highest BCUT2D eigenvalue weighted by Gasteiger charge is 2.69. The van der Waals surface area contributed by atoms with Gasteiger partial charge in [-0.1, -0.05) is 20.8 Å². The number of carbonyl (C=O) groups is 2. The van der Waals surface area contributed by atoms with E-state index in [1.807, 2.05) is 6.92 Å². The van der Waals surface area contributed by atoms with E-state index >= 15 is 0 Å². The first-order valence-electron chi connectivity index (χ1n) is 7.88. The van der Waals surface area contributed by atoms with Crippen LogP contribution in [0.3, 0.4) is 0 Å². The summed E-state index contributed by atoms with van der Waals surface area (Å²) in [5.74, 6) is 2.28.